The van der Waals surface area contributed by atoms with Gasteiger partial charge in [-0.15, -0.1) is 0 Å². The summed E-state index contributed by atoms with van der Waals surface area (Å²) in [6, 6.07) is 8.10. The van der Waals surface area contributed by atoms with Crippen LogP contribution >= 0.6 is 0 Å². The minimum atomic E-state index is -0.0647. The zero-order valence-electron chi connectivity index (χ0n) is 22.2. The molecule has 1 aromatic carbocycles. The molecule has 1 rings (SSSR count). The summed E-state index contributed by atoms with van der Waals surface area (Å²) in [5.41, 5.74) is 1.18. The fourth-order valence-electron chi connectivity index (χ4n) is 4.54. The average molecular weight is 459 g/mol. The molecule has 0 heterocycles. The van der Waals surface area contributed by atoms with E-state index in [0.717, 1.165) is 25.0 Å². The van der Waals surface area contributed by atoms with Crippen molar-refractivity contribution < 1.29 is 9.53 Å². The summed E-state index contributed by atoms with van der Waals surface area (Å²) in [6.07, 6.45) is 27.9. The number of esters is 1. The molecule has 0 radical (unpaired) electrons. The van der Waals surface area contributed by atoms with Crippen LogP contribution in [0.2, 0.25) is 0 Å². The van der Waals surface area contributed by atoms with Gasteiger partial charge < -0.3 is 4.74 Å². The number of rotatable bonds is 23. The molecule has 0 spiro atoms. The van der Waals surface area contributed by atoms with Crippen LogP contribution in [-0.2, 0) is 11.2 Å². The summed E-state index contributed by atoms with van der Waals surface area (Å²) in [4.78, 5) is 12.3. The van der Waals surface area contributed by atoms with Crippen LogP contribution in [0.25, 0.3) is 0 Å². The monoisotopic (exact) mass is 458 g/mol. The third kappa shape index (κ3) is 17.8. The minimum Gasteiger partial charge on any atom is -0.426 e. The lowest BCUT2D eigenvalue weighted by Crippen LogP contribution is -2.09. The molecule has 0 saturated heterocycles. The highest BCUT2D eigenvalue weighted by atomic mass is 16.5. The Morgan fingerprint density at radius 2 is 1.00 bits per heavy atom. The van der Waals surface area contributed by atoms with Crippen LogP contribution in [0, 0.1) is 0 Å². The summed E-state index contributed by atoms with van der Waals surface area (Å²) < 4.78 is 5.72. The summed E-state index contributed by atoms with van der Waals surface area (Å²) in [7, 11) is 0. The number of para-hydroxylation sites is 1. The van der Waals surface area contributed by atoms with Gasteiger partial charge in [-0.1, -0.05) is 148 Å². The molecule has 0 fully saturated rings. The number of ether oxygens (including phenoxy) is 1. The predicted molar refractivity (Wildman–Crippen MR) is 144 cm³/mol. The summed E-state index contributed by atoms with van der Waals surface area (Å²) in [6.45, 7) is 4.54. The first-order valence-corrected chi connectivity index (χ1v) is 14.6. The number of carbonyl (C=O) groups excluding carboxylic acids is 1. The van der Waals surface area contributed by atoms with Gasteiger partial charge in [0.05, 0.1) is 0 Å². The topological polar surface area (TPSA) is 26.3 Å². The number of hydrogen-bond donors (Lipinski definition) is 0. The Hall–Kier alpha value is -1.31. The van der Waals surface area contributed by atoms with Crippen LogP contribution < -0.4 is 4.74 Å². The van der Waals surface area contributed by atoms with Crippen molar-refractivity contribution in [3.8, 4) is 5.75 Å². The maximum atomic E-state index is 12.3. The summed E-state index contributed by atoms with van der Waals surface area (Å²) in [5.74, 6) is 0.716. The standard InChI is InChI=1S/C31H54O2/c1-3-5-7-9-11-12-13-14-15-16-18-20-22-28-31(32)33-30-27-24-23-26-29(30)25-21-19-17-10-8-6-4-2/h23-24,26-27H,3-22,25,28H2,1-2H3. The van der Waals surface area contributed by atoms with E-state index in [1.807, 2.05) is 12.1 Å². The van der Waals surface area contributed by atoms with Crippen molar-refractivity contribution >= 4 is 5.97 Å². The molecule has 33 heavy (non-hydrogen) atoms. The molecule has 2 nitrogen and oxygen atoms in total. The third-order valence-electron chi connectivity index (χ3n) is 6.73. The van der Waals surface area contributed by atoms with Crippen molar-refractivity contribution in [3.63, 3.8) is 0 Å². The zero-order chi connectivity index (χ0) is 23.8. The Labute approximate surface area is 206 Å². The van der Waals surface area contributed by atoms with Crippen LogP contribution in [0.3, 0.4) is 0 Å². The molecule has 0 saturated carbocycles. The minimum absolute atomic E-state index is 0.0647. The van der Waals surface area contributed by atoms with Crippen LogP contribution in [-0.4, -0.2) is 5.97 Å². The molecule has 0 bridgehead atoms. The highest BCUT2D eigenvalue weighted by Crippen LogP contribution is 2.22. The lowest BCUT2D eigenvalue weighted by molar-refractivity contribution is -0.134. The first kappa shape index (κ1) is 29.7. The molecule has 0 aliphatic carbocycles. The second-order valence-electron chi connectivity index (χ2n) is 9.95. The van der Waals surface area contributed by atoms with Crippen LogP contribution in [0.4, 0.5) is 0 Å². The van der Waals surface area contributed by atoms with Gasteiger partial charge in [-0.25, -0.2) is 0 Å². The van der Waals surface area contributed by atoms with E-state index in [1.54, 1.807) is 0 Å². The summed E-state index contributed by atoms with van der Waals surface area (Å²) in [5, 5.41) is 0. The maximum Gasteiger partial charge on any atom is 0.311 e. The Morgan fingerprint density at radius 3 is 1.52 bits per heavy atom. The molecule has 0 N–H and O–H groups in total. The van der Waals surface area contributed by atoms with Crippen molar-refractivity contribution in [1.82, 2.24) is 0 Å². The fraction of sp³-hybridized carbons (Fsp3) is 0.774. The van der Waals surface area contributed by atoms with Gasteiger partial charge in [-0.05, 0) is 30.9 Å². The molecule has 0 aliphatic rings. The lowest BCUT2D eigenvalue weighted by atomic mass is 10.0. The zero-order valence-corrected chi connectivity index (χ0v) is 22.2. The highest BCUT2D eigenvalue weighted by Gasteiger charge is 2.09. The first-order valence-electron chi connectivity index (χ1n) is 14.6. The van der Waals surface area contributed by atoms with E-state index in [-0.39, 0.29) is 5.97 Å². The number of benzene rings is 1. The van der Waals surface area contributed by atoms with Gasteiger partial charge in [-0.2, -0.15) is 0 Å². The predicted octanol–water partition coefficient (Wildman–Crippen LogP) is 10.4. The molecule has 2 heteroatoms. The van der Waals surface area contributed by atoms with Gasteiger partial charge in [0.1, 0.15) is 5.75 Å². The average Bonchev–Trinajstić information content (AvgIpc) is 2.82. The Morgan fingerprint density at radius 1 is 0.576 bits per heavy atom. The molecule has 0 amide bonds. The van der Waals surface area contributed by atoms with Gasteiger partial charge in [0.25, 0.3) is 0 Å². The molecule has 190 valence electrons. The normalized spacial score (nSPS) is 11.1. The molecular formula is C31H54O2. The fourth-order valence-corrected chi connectivity index (χ4v) is 4.54. The van der Waals surface area contributed by atoms with E-state index in [1.165, 1.54) is 121 Å². The van der Waals surface area contributed by atoms with E-state index in [2.05, 4.69) is 26.0 Å². The number of hydrogen-bond acceptors (Lipinski definition) is 2. The Kier molecular flexibility index (Phi) is 20.2. The molecule has 0 unspecified atom stereocenters. The van der Waals surface area contributed by atoms with Gasteiger partial charge in [-0.3, -0.25) is 4.79 Å². The molecule has 1 aromatic rings. The first-order chi connectivity index (χ1) is 16.3. The maximum absolute atomic E-state index is 12.3. The SMILES string of the molecule is CCCCCCCCCCCCCCCC(=O)Oc1ccccc1CCCCCCCCC. The lowest BCUT2D eigenvalue weighted by Gasteiger charge is -2.10. The van der Waals surface area contributed by atoms with Gasteiger partial charge in [0.15, 0.2) is 0 Å². The van der Waals surface area contributed by atoms with Crippen molar-refractivity contribution in [2.45, 2.75) is 155 Å². The van der Waals surface area contributed by atoms with Crippen molar-refractivity contribution in [1.29, 1.82) is 0 Å². The van der Waals surface area contributed by atoms with E-state index >= 15 is 0 Å². The van der Waals surface area contributed by atoms with Gasteiger partial charge in [0, 0.05) is 6.42 Å². The van der Waals surface area contributed by atoms with Crippen molar-refractivity contribution in [2.24, 2.45) is 0 Å². The summed E-state index contributed by atoms with van der Waals surface area (Å²) >= 11 is 0. The van der Waals surface area contributed by atoms with Crippen LogP contribution in [0.5, 0.6) is 5.75 Å². The van der Waals surface area contributed by atoms with Crippen LogP contribution in [0.1, 0.15) is 154 Å². The molecule has 0 atom stereocenters. The number of unbranched alkanes of at least 4 members (excludes halogenated alkanes) is 18. The van der Waals surface area contributed by atoms with Gasteiger partial charge in [0.2, 0.25) is 0 Å². The smallest absolute Gasteiger partial charge is 0.311 e. The van der Waals surface area contributed by atoms with Gasteiger partial charge >= 0.3 is 5.97 Å². The van der Waals surface area contributed by atoms with Crippen molar-refractivity contribution in [3.05, 3.63) is 29.8 Å². The molecule has 0 aliphatic heterocycles. The Balaban J connectivity index is 2.04. The van der Waals surface area contributed by atoms with E-state index < -0.39 is 0 Å². The van der Waals surface area contributed by atoms with E-state index in [4.69, 9.17) is 4.74 Å². The Bertz CT molecular complexity index is 566. The molecular weight excluding hydrogens is 404 g/mol. The second kappa shape index (κ2) is 22.5. The number of aryl methyl sites for hydroxylation is 1. The largest absolute Gasteiger partial charge is 0.426 e. The molecule has 0 aromatic heterocycles. The van der Waals surface area contributed by atoms with Crippen molar-refractivity contribution in [2.75, 3.05) is 0 Å². The second-order valence-corrected chi connectivity index (χ2v) is 9.95. The van der Waals surface area contributed by atoms with Crippen LogP contribution in [0.15, 0.2) is 24.3 Å². The quantitative estimate of drug-likeness (QED) is 0.0925. The number of carbonyl (C=O) groups is 1. The van der Waals surface area contributed by atoms with E-state index in [9.17, 15) is 4.79 Å². The highest BCUT2D eigenvalue weighted by molar-refractivity contribution is 5.72. The van der Waals surface area contributed by atoms with E-state index in [0.29, 0.717) is 6.42 Å². The third-order valence-corrected chi connectivity index (χ3v) is 6.73.